The highest BCUT2D eigenvalue weighted by Gasteiger charge is 2.22. The first-order valence-corrected chi connectivity index (χ1v) is 9.39. The fraction of sp³-hybridized carbons (Fsp3) is 0.136. The Labute approximate surface area is 151 Å². The van der Waals surface area contributed by atoms with Gasteiger partial charge in [0.15, 0.2) is 5.78 Å². The minimum Gasteiger partial charge on any atom is -0.294 e. The number of hydrogen-bond donors (Lipinski definition) is 0. The Hall–Kier alpha value is -2.52. The second-order valence-corrected chi connectivity index (χ2v) is 7.52. The second-order valence-electron chi connectivity index (χ2n) is 6.07. The van der Waals surface area contributed by atoms with E-state index in [4.69, 9.17) is 0 Å². The third kappa shape index (κ3) is 3.77. The number of ketones is 1. The van der Waals surface area contributed by atoms with Crippen LogP contribution in [0.1, 0.15) is 34.3 Å². The van der Waals surface area contributed by atoms with E-state index >= 15 is 0 Å². The average molecular weight is 348 g/mol. The Morgan fingerprint density at radius 3 is 2.12 bits per heavy atom. The van der Waals surface area contributed by atoms with Gasteiger partial charge < -0.3 is 0 Å². The zero-order chi connectivity index (χ0) is 17.8. The summed E-state index contributed by atoms with van der Waals surface area (Å²) in [6.45, 7) is 3.88. The van der Waals surface area contributed by atoms with Crippen molar-refractivity contribution in [3.63, 3.8) is 0 Å². The summed E-state index contributed by atoms with van der Waals surface area (Å²) in [5, 5.41) is 0. The molecule has 1 unspecified atom stereocenters. The van der Waals surface area contributed by atoms with Gasteiger partial charge in [0.05, 0.1) is 10.8 Å². The number of benzene rings is 3. The summed E-state index contributed by atoms with van der Waals surface area (Å²) in [7, 11) is -1.31. The molecule has 3 heteroatoms. The first-order valence-electron chi connectivity index (χ1n) is 8.24. The van der Waals surface area contributed by atoms with Crippen LogP contribution in [0.2, 0.25) is 0 Å². The average Bonchev–Trinajstić information content (AvgIpc) is 2.67. The van der Waals surface area contributed by atoms with Crippen LogP contribution in [0.5, 0.6) is 0 Å². The summed E-state index contributed by atoms with van der Waals surface area (Å²) in [6, 6.07) is 24.4. The molecule has 0 amide bonds. The predicted molar refractivity (Wildman–Crippen MR) is 101 cm³/mol. The van der Waals surface area contributed by atoms with Crippen molar-refractivity contribution < 1.29 is 9.00 Å². The molecule has 0 N–H and O–H groups in total. The van der Waals surface area contributed by atoms with Crippen molar-refractivity contribution in [1.82, 2.24) is 0 Å². The Morgan fingerprint density at radius 1 is 0.840 bits per heavy atom. The summed E-state index contributed by atoms with van der Waals surface area (Å²) in [5.74, 6) is -0.318. The van der Waals surface area contributed by atoms with Gasteiger partial charge >= 0.3 is 0 Å². The maximum Gasteiger partial charge on any atom is 0.170 e. The number of rotatable bonds is 5. The minimum atomic E-state index is -1.31. The lowest BCUT2D eigenvalue weighted by atomic mass is 9.92. The van der Waals surface area contributed by atoms with Gasteiger partial charge in [-0.2, -0.15) is 0 Å². The largest absolute Gasteiger partial charge is 0.294 e. The monoisotopic (exact) mass is 348 g/mol. The molecule has 0 aliphatic heterocycles. The van der Waals surface area contributed by atoms with Gasteiger partial charge in [-0.3, -0.25) is 4.79 Å². The molecule has 0 spiro atoms. The Morgan fingerprint density at radius 2 is 1.44 bits per heavy atom. The van der Waals surface area contributed by atoms with E-state index in [1.165, 1.54) is 0 Å². The third-order valence-corrected chi connectivity index (χ3v) is 5.74. The van der Waals surface area contributed by atoms with E-state index in [1.54, 1.807) is 0 Å². The second kappa shape index (κ2) is 7.58. The summed E-state index contributed by atoms with van der Waals surface area (Å²) in [5.41, 5.74) is 2.61. The first kappa shape index (κ1) is 17.3. The molecular formula is C22H20O2S. The molecule has 0 aliphatic rings. The lowest BCUT2D eigenvalue weighted by Crippen LogP contribution is -2.12. The molecule has 25 heavy (non-hydrogen) atoms. The van der Waals surface area contributed by atoms with Crippen LogP contribution in [0.15, 0.2) is 88.7 Å². The van der Waals surface area contributed by atoms with Crippen LogP contribution in [0, 0.1) is 6.92 Å². The Balaban J connectivity index is 1.97. The van der Waals surface area contributed by atoms with E-state index in [0.29, 0.717) is 10.5 Å². The van der Waals surface area contributed by atoms with Crippen molar-refractivity contribution in [1.29, 1.82) is 0 Å². The number of carbonyl (C=O) groups excluding carboxylic acids is 1. The van der Waals surface area contributed by atoms with E-state index in [-0.39, 0.29) is 11.7 Å². The minimum absolute atomic E-state index is 0.0361. The zero-order valence-corrected chi connectivity index (χ0v) is 15.1. The van der Waals surface area contributed by atoms with E-state index in [0.717, 1.165) is 16.0 Å². The van der Waals surface area contributed by atoms with Crippen molar-refractivity contribution in [2.45, 2.75) is 29.6 Å². The lowest BCUT2D eigenvalue weighted by Gasteiger charge is -2.15. The molecule has 0 bridgehead atoms. The van der Waals surface area contributed by atoms with Crippen LogP contribution in [-0.4, -0.2) is 9.99 Å². The molecule has 0 fully saturated rings. The van der Waals surface area contributed by atoms with Crippen LogP contribution >= 0.6 is 0 Å². The van der Waals surface area contributed by atoms with Crippen LogP contribution in [0.25, 0.3) is 0 Å². The van der Waals surface area contributed by atoms with Crippen LogP contribution in [0.3, 0.4) is 0 Å². The Bertz CT molecular complexity index is 899. The maximum atomic E-state index is 13.0. The number of carbonyl (C=O) groups is 1. The molecule has 0 aliphatic carbocycles. The highest BCUT2D eigenvalue weighted by Crippen LogP contribution is 2.28. The molecule has 0 aromatic heterocycles. The van der Waals surface area contributed by atoms with Gasteiger partial charge in [-0.1, -0.05) is 73.2 Å². The third-order valence-electron chi connectivity index (χ3n) is 4.27. The van der Waals surface area contributed by atoms with E-state index in [2.05, 4.69) is 0 Å². The van der Waals surface area contributed by atoms with Crippen molar-refractivity contribution in [2.24, 2.45) is 0 Å². The molecule has 0 saturated heterocycles. The lowest BCUT2D eigenvalue weighted by molar-refractivity contribution is 0.0965. The molecule has 2 atom stereocenters. The summed E-state index contributed by atoms with van der Waals surface area (Å²) in [4.78, 5) is 14.2. The van der Waals surface area contributed by atoms with Gasteiger partial charge in [0.2, 0.25) is 0 Å². The SMILES string of the molecule is Cc1ccc(S(=O)c2ccccc2[C@H](C)C(=O)c2ccccc2)cc1. The number of aryl methyl sites for hydroxylation is 1. The van der Waals surface area contributed by atoms with Crippen molar-refractivity contribution in [3.8, 4) is 0 Å². The molecule has 0 radical (unpaired) electrons. The van der Waals surface area contributed by atoms with Gasteiger partial charge in [-0.25, -0.2) is 4.21 Å². The van der Waals surface area contributed by atoms with Gasteiger partial charge in [0, 0.05) is 21.3 Å². The maximum absolute atomic E-state index is 13.0. The molecular weight excluding hydrogens is 328 g/mol. The van der Waals surface area contributed by atoms with Gasteiger partial charge in [-0.15, -0.1) is 0 Å². The fourth-order valence-electron chi connectivity index (χ4n) is 2.79. The molecule has 126 valence electrons. The predicted octanol–water partition coefficient (Wildman–Crippen LogP) is 5.15. The summed E-state index contributed by atoms with van der Waals surface area (Å²) >= 11 is 0. The Kier molecular flexibility index (Phi) is 5.25. The van der Waals surface area contributed by atoms with Crippen LogP contribution in [0.4, 0.5) is 0 Å². The van der Waals surface area contributed by atoms with E-state index in [1.807, 2.05) is 92.7 Å². The summed E-state index contributed by atoms with van der Waals surface area (Å²) in [6.07, 6.45) is 0. The van der Waals surface area contributed by atoms with Crippen LogP contribution < -0.4 is 0 Å². The molecule has 3 aromatic rings. The number of hydrogen-bond acceptors (Lipinski definition) is 2. The first-order chi connectivity index (χ1) is 12.1. The fourth-order valence-corrected chi connectivity index (χ4v) is 4.09. The molecule has 0 saturated carbocycles. The van der Waals surface area contributed by atoms with Crippen LogP contribution in [-0.2, 0) is 10.8 Å². The quantitative estimate of drug-likeness (QED) is 0.598. The van der Waals surface area contributed by atoms with Crippen molar-refractivity contribution in [2.75, 3.05) is 0 Å². The van der Waals surface area contributed by atoms with E-state index < -0.39 is 10.8 Å². The highest BCUT2D eigenvalue weighted by atomic mass is 32.2. The molecule has 3 aromatic carbocycles. The van der Waals surface area contributed by atoms with E-state index in [9.17, 15) is 9.00 Å². The normalized spacial score (nSPS) is 13.2. The van der Waals surface area contributed by atoms with Gasteiger partial charge in [0.1, 0.15) is 0 Å². The van der Waals surface area contributed by atoms with Crippen molar-refractivity contribution in [3.05, 3.63) is 95.6 Å². The van der Waals surface area contributed by atoms with Gasteiger partial charge in [0.25, 0.3) is 0 Å². The molecule has 0 heterocycles. The topological polar surface area (TPSA) is 34.1 Å². The summed E-state index contributed by atoms with van der Waals surface area (Å²) < 4.78 is 13.0. The van der Waals surface area contributed by atoms with Gasteiger partial charge in [-0.05, 0) is 30.7 Å². The highest BCUT2D eigenvalue weighted by molar-refractivity contribution is 7.85. The zero-order valence-electron chi connectivity index (χ0n) is 14.3. The standard InChI is InChI=1S/C22H20O2S/c1-16-12-14-19(15-13-16)25(24)21-11-7-6-10-20(21)17(2)22(23)18-8-4-3-5-9-18/h3-15,17H,1-2H3/t17-,25?/m0/s1. The van der Waals surface area contributed by atoms with Crippen molar-refractivity contribution >= 4 is 16.6 Å². The number of Topliss-reactive ketones (excluding diaryl/α,β-unsaturated/α-hetero) is 1. The smallest absolute Gasteiger partial charge is 0.170 e. The molecule has 2 nitrogen and oxygen atoms in total. The molecule has 3 rings (SSSR count).